The van der Waals surface area contributed by atoms with Gasteiger partial charge in [0.1, 0.15) is 11.9 Å². The molecule has 0 spiro atoms. The Hall–Kier alpha value is -2.81. The number of piperidine rings is 1. The lowest BCUT2D eigenvalue weighted by molar-refractivity contribution is -0.138. The van der Waals surface area contributed by atoms with E-state index in [1.807, 2.05) is 30.0 Å². The van der Waals surface area contributed by atoms with Crippen LogP contribution in [0.5, 0.6) is 0 Å². The van der Waals surface area contributed by atoms with Gasteiger partial charge in [-0.25, -0.2) is 4.39 Å². The number of hydrogen-bond acceptors (Lipinski definition) is 4. The fourth-order valence-corrected chi connectivity index (χ4v) is 6.01. The highest BCUT2D eigenvalue weighted by Crippen LogP contribution is 2.37. The monoisotopic (exact) mass is 581 g/mol. The number of amides is 1. The first-order valence-corrected chi connectivity index (χ1v) is 13.9. The highest BCUT2D eigenvalue weighted by molar-refractivity contribution is 9.10. The maximum Gasteiger partial charge on any atom is 0.250 e. The van der Waals surface area contributed by atoms with Crippen LogP contribution in [0.25, 0.3) is 0 Å². The molecule has 2 heterocycles. The van der Waals surface area contributed by atoms with E-state index in [1.54, 1.807) is 36.0 Å². The molecule has 2 N–H and O–H groups in total. The maximum absolute atomic E-state index is 14.0. The molecule has 200 valence electrons. The SMILES string of the molecule is Cc1c(Br)cc(CN(C(=O)C2CNCC[C@@H]2c2ccn(C)c(=O)c2)C2CC2)cc1C(O)c1cccc(F)c1. The van der Waals surface area contributed by atoms with Crippen molar-refractivity contribution in [1.29, 1.82) is 0 Å². The second-order valence-electron chi connectivity index (χ2n) is 10.6. The van der Waals surface area contributed by atoms with Gasteiger partial charge in [-0.1, -0.05) is 34.1 Å². The molecule has 1 aliphatic heterocycles. The van der Waals surface area contributed by atoms with Crippen LogP contribution in [0.15, 0.2) is 64.0 Å². The molecule has 6 nitrogen and oxygen atoms in total. The number of carbonyl (C=O) groups excluding carboxylic acids is 1. The molecule has 0 bridgehead atoms. The van der Waals surface area contributed by atoms with Gasteiger partial charge in [0.2, 0.25) is 5.91 Å². The summed E-state index contributed by atoms with van der Waals surface area (Å²) in [6.45, 7) is 3.71. The van der Waals surface area contributed by atoms with Crippen molar-refractivity contribution in [1.82, 2.24) is 14.8 Å². The summed E-state index contributed by atoms with van der Waals surface area (Å²) in [7, 11) is 1.73. The van der Waals surface area contributed by atoms with Crippen LogP contribution < -0.4 is 10.9 Å². The van der Waals surface area contributed by atoms with Gasteiger partial charge >= 0.3 is 0 Å². The average Bonchev–Trinajstić information content (AvgIpc) is 3.75. The number of halogens is 2. The molecule has 1 saturated carbocycles. The predicted molar refractivity (Wildman–Crippen MR) is 148 cm³/mol. The lowest BCUT2D eigenvalue weighted by Gasteiger charge is -2.36. The zero-order chi connectivity index (χ0) is 27.0. The summed E-state index contributed by atoms with van der Waals surface area (Å²) in [5.41, 5.74) is 3.79. The maximum atomic E-state index is 14.0. The summed E-state index contributed by atoms with van der Waals surface area (Å²) in [5.74, 6) is -0.585. The Balaban J connectivity index is 1.43. The molecule has 8 heteroatoms. The molecule has 5 rings (SSSR count). The molecule has 3 aromatic rings. The second kappa shape index (κ2) is 11.1. The van der Waals surface area contributed by atoms with Crippen molar-refractivity contribution >= 4 is 21.8 Å². The molecule has 2 aliphatic rings. The van der Waals surface area contributed by atoms with Crippen LogP contribution in [0.2, 0.25) is 0 Å². The van der Waals surface area contributed by atoms with E-state index in [0.717, 1.165) is 47.0 Å². The number of aryl methyl sites for hydroxylation is 1. The number of rotatable bonds is 7. The van der Waals surface area contributed by atoms with Gasteiger partial charge < -0.3 is 19.9 Å². The number of hydrogen-bond donors (Lipinski definition) is 2. The summed E-state index contributed by atoms with van der Waals surface area (Å²) in [6.07, 6.45) is 3.51. The minimum Gasteiger partial charge on any atom is -0.384 e. The molecule has 2 fully saturated rings. The fraction of sp³-hybridized carbons (Fsp3) is 0.400. The molecule has 3 atom stereocenters. The van der Waals surface area contributed by atoms with Crippen molar-refractivity contribution in [3.63, 3.8) is 0 Å². The van der Waals surface area contributed by atoms with Crippen LogP contribution >= 0.6 is 15.9 Å². The van der Waals surface area contributed by atoms with E-state index in [0.29, 0.717) is 24.2 Å². The smallest absolute Gasteiger partial charge is 0.250 e. The highest BCUT2D eigenvalue weighted by Gasteiger charge is 2.40. The van der Waals surface area contributed by atoms with Crippen molar-refractivity contribution in [3.05, 3.63) is 103 Å². The normalized spacial score (nSPS) is 20.2. The van der Waals surface area contributed by atoms with Gasteiger partial charge in [0, 0.05) is 42.9 Å². The third-order valence-electron chi connectivity index (χ3n) is 7.88. The van der Waals surface area contributed by atoms with Crippen molar-refractivity contribution in [2.45, 2.75) is 50.8 Å². The van der Waals surface area contributed by atoms with E-state index in [1.165, 1.54) is 12.1 Å². The Morgan fingerprint density at radius 3 is 2.71 bits per heavy atom. The van der Waals surface area contributed by atoms with Gasteiger partial charge in [-0.05, 0) is 90.7 Å². The molecule has 0 radical (unpaired) electrons. The van der Waals surface area contributed by atoms with Gasteiger partial charge in [0.15, 0.2) is 0 Å². The minimum absolute atomic E-state index is 0.0194. The standard InChI is InChI=1S/C30H33BrFN3O3/c1-18-25(29(37)21-4-3-5-22(32)14-21)12-19(13-27(18)31)17-35(23-6-7-23)30(38)26-16-33-10-8-24(26)20-9-11-34(2)28(36)15-20/h3-5,9,11-15,23-24,26,29,33,37H,6-8,10,16-17H2,1-2H3/t24-,26?,29?/m1/s1. The third-order valence-corrected chi connectivity index (χ3v) is 8.71. The van der Waals surface area contributed by atoms with Crippen molar-refractivity contribution in [2.75, 3.05) is 13.1 Å². The van der Waals surface area contributed by atoms with E-state index >= 15 is 0 Å². The Morgan fingerprint density at radius 2 is 2.00 bits per heavy atom. The van der Waals surface area contributed by atoms with Crippen LogP contribution in [-0.4, -0.2) is 39.6 Å². The van der Waals surface area contributed by atoms with Crippen molar-refractivity contribution in [3.8, 4) is 0 Å². The first-order chi connectivity index (χ1) is 18.2. The van der Waals surface area contributed by atoms with E-state index in [-0.39, 0.29) is 29.3 Å². The molecule has 38 heavy (non-hydrogen) atoms. The number of aliphatic hydroxyl groups is 1. The van der Waals surface area contributed by atoms with E-state index in [4.69, 9.17) is 0 Å². The topological polar surface area (TPSA) is 74.6 Å². The second-order valence-corrected chi connectivity index (χ2v) is 11.4. The van der Waals surface area contributed by atoms with E-state index < -0.39 is 11.9 Å². The first kappa shape index (κ1) is 26.8. The predicted octanol–water partition coefficient (Wildman–Crippen LogP) is 4.56. The Bertz CT molecular complexity index is 1400. The molecule has 2 aromatic carbocycles. The van der Waals surface area contributed by atoms with Crippen molar-refractivity contribution < 1.29 is 14.3 Å². The minimum atomic E-state index is -0.986. The van der Waals surface area contributed by atoms with Gasteiger partial charge in [0.25, 0.3) is 5.56 Å². The van der Waals surface area contributed by atoms with E-state index in [9.17, 15) is 19.1 Å². The molecule has 1 amide bonds. The number of pyridine rings is 1. The summed E-state index contributed by atoms with van der Waals surface area (Å²) in [4.78, 5) is 28.3. The quantitative estimate of drug-likeness (QED) is 0.429. The first-order valence-electron chi connectivity index (χ1n) is 13.1. The summed E-state index contributed by atoms with van der Waals surface area (Å²) in [5, 5.41) is 14.5. The number of carbonyl (C=O) groups is 1. The molecular weight excluding hydrogens is 549 g/mol. The zero-order valence-corrected chi connectivity index (χ0v) is 23.2. The Morgan fingerprint density at radius 1 is 1.21 bits per heavy atom. The number of benzene rings is 2. The lowest BCUT2D eigenvalue weighted by Crippen LogP contribution is -2.47. The van der Waals surface area contributed by atoms with Gasteiger partial charge in [-0.2, -0.15) is 0 Å². The molecule has 1 saturated heterocycles. The molecule has 1 aliphatic carbocycles. The molecular formula is C30H33BrFN3O3. The number of nitrogens with one attached hydrogen (secondary N) is 1. The van der Waals surface area contributed by atoms with Gasteiger partial charge in [-0.15, -0.1) is 0 Å². The average molecular weight is 583 g/mol. The fourth-order valence-electron chi connectivity index (χ4n) is 5.48. The van der Waals surface area contributed by atoms with Crippen molar-refractivity contribution in [2.24, 2.45) is 13.0 Å². The van der Waals surface area contributed by atoms with Gasteiger partial charge in [-0.3, -0.25) is 9.59 Å². The van der Waals surface area contributed by atoms with Crippen LogP contribution in [0.3, 0.4) is 0 Å². The van der Waals surface area contributed by atoms with Crippen LogP contribution in [0.4, 0.5) is 4.39 Å². The lowest BCUT2D eigenvalue weighted by atomic mass is 9.80. The van der Waals surface area contributed by atoms with Crippen LogP contribution in [0.1, 0.15) is 59.1 Å². The van der Waals surface area contributed by atoms with Crippen LogP contribution in [0, 0.1) is 18.7 Å². The van der Waals surface area contributed by atoms with Gasteiger partial charge in [0.05, 0.1) is 5.92 Å². The third kappa shape index (κ3) is 5.63. The zero-order valence-electron chi connectivity index (χ0n) is 21.7. The highest BCUT2D eigenvalue weighted by atomic mass is 79.9. The summed E-state index contributed by atoms with van der Waals surface area (Å²) < 4.78 is 16.2. The summed E-state index contributed by atoms with van der Waals surface area (Å²) in [6, 6.07) is 13.7. The molecule has 1 aromatic heterocycles. The molecule has 2 unspecified atom stereocenters. The Labute approximate surface area is 230 Å². The Kier molecular flexibility index (Phi) is 7.84. The number of aliphatic hydroxyl groups excluding tert-OH is 1. The van der Waals surface area contributed by atoms with E-state index in [2.05, 4.69) is 21.2 Å². The van der Waals surface area contributed by atoms with Crippen LogP contribution in [-0.2, 0) is 18.4 Å². The summed E-state index contributed by atoms with van der Waals surface area (Å²) >= 11 is 3.63. The largest absolute Gasteiger partial charge is 0.384 e. The number of aromatic nitrogens is 1. The number of nitrogens with zero attached hydrogens (tertiary/aromatic N) is 2.